The first-order valence-corrected chi connectivity index (χ1v) is 5.88. The van der Waals surface area contributed by atoms with E-state index in [4.69, 9.17) is 0 Å². The Morgan fingerprint density at radius 2 is 1.93 bits per heavy atom. The monoisotopic (exact) mass is 211 g/mol. The first-order valence-electron chi connectivity index (χ1n) is 5.88. The van der Waals surface area contributed by atoms with E-state index in [1.165, 1.54) is 45.6 Å². The van der Waals surface area contributed by atoms with Gasteiger partial charge >= 0.3 is 0 Å². The molecule has 0 aromatic rings. The van der Waals surface area contributed by atoms with Crippen LogP contribution in [0.4, 0.5) is 0 Å². The van der Waals surface area contributed by atoms with Crippen molar-refractivity contribution in [3.8, 4) is 0 Å². The molecule has 2 aliphatic rings. The van der Waals surface area contributed by atoms with Crippen LogP contribution in [0.2, 0.25) is 0 Å². The molecule has 0 bridgehead atoms. The molecule has 1 amide bonds. The molecule has 2 rings (SSSR count). The Morgan fingerprint density at radius 1 is 1.27 bits per heavy atom. The summed E-state index contributed by atoms with van der Waals surface area (Å²) in [6, 6.07) is 0.458. The van der Waals surface area contributed by atoms with Crippen LogP contribution in [-0.2, 0) is 4.79 Å². The van der Waals surface area contributed by atoms with Crippen molar-refractivity contribution < 1.29 is 4.79 Å². The van der Waals surface area contributed by atoms with Gasteiger partial charge in [0.05, 0.1) is 0 Å². The van der Waals surface area contributed by atoms with Crippen molar-refractivity contribution in [1.82, 2.24) is 15.1 Å². The summed E-state index contributed by atoms with van der Waals surface area (Å²) in [5.41, 5.74) is 0. The van der Waals surface area contributed by atoms with E-state index in [1.54, 1.807) is 0 Å². The molecule has 15 heavy (non-hydrogen) atoms. The van der Waals surface area contributed by atoms with E-state index in [2.05, 4.69) is 22.2 Å². The largest absolute Gasteiger partial charge is 0.356 e. The smallest absolute Gasteiger partial charge is 0.207 e. The zero-order chi connectivity index (χ0) is 10.7. The second-order valence-corrected chi connectivity index (χ2v) is 4.92. The highest BCUT2D eigenvalue weighted by atomic mass is 16.1. The molecule has 0 spiro atoms. The first kappa shape index (κ1) is 10.9. The standard InChI is InChI=1S/C11H21N3O/c1-13-2-4-14(5-3-13)8-10-6-11(7-10)12-9-15/h9-11H,2-8H2,1H3,(H,12,15). The van der Waals surface area contributed by atoms with E-state index in [1.807, 2.05) is 0 Å². The first-order chi connectivity index (χ1) is 7.28. The maximum Gasteiger partial charge on any atom is 0.207 e. The molecule has 4 nitrogen and oxygen atoms in total. The third-order valence-electron chi connectivity index (χ3n) is 3.65. The van der Waals surface area contributed by atoms with Crippen molar-refractivity contribution in [3.05, 3.63) is 0 Å². The number of carbonyl (C=O) groups is 1. The number of nitrogens with zero attached hydrogens (tertiary/aromatic N) is 2. The highest BCUT2D eigenvalue weighted by Crippen LogP contribution is 2.28. The number of amides is 1. The lowest BCUT2D eigenvalue weighted by Crippen LogP contribution is -2.50. The number of hydrogen-bond acceptors (Lipinski definition) is 3. The Bertz CT molecular complexity index is 208. The Morgan fingerprint density at radius 3 is 2.53 bits per heavy atom. The van der Waals surface area contributed by atoms with Crippen molar-refractivity contribution in [1.29, 1.82) is 0 Å². The predicted octanol–water partition coefficient (Wildman–Crippen LogP) is -0.242. The van der Waals surface area contributed by atoms with Crippen molar-refractivity contribution in [2.45, 2.75) is 18.9 Å². The average Bonchev–Trinajstić information content (AvgIpc) is 2.18. The van der Waals surface area contributed by atoms with Crippen LogP contribution in [0.1, 0.15) is 12.8 Å². The van der Waals surface area contributed by atoms with Gasteiger partial charge in [0.15, 0.2) is 0 Å². The SMILES string of the molecule is CN1CCN(CC2CC(NC=O)C2)CC1. The Labute approximate surface area is 91.6 Å². The van der Waals surface area contributed by atoms with Gasteiger partial charge in [-0.2, -0.15) is 0 Å². The van der Waals surface area contributed by atoms with Crippen LogP contribution in [0.3, 0.4) is 0 Å². The third-order valence-corrected chi connectivity index (χ3v) is 3.65. The summed E-state index contributed by atoms with van der Waals surface area (Å²) in [6.45, 7) is 6.04. The summed E-state index contributed by atoms with van der Waals surface area (Å²) in [4.78, 5) is 15.2. The van der Waals surface area contributed by atoms with E-state index < -0.39 is 0 Å². The quantitative estimate of drug-likeness (QED) is 0.652. The summed E-state index contributed by atoms with van der Waals surface area (Å²) in [6.07, 6.45) is 3.17. The van der Waals surface area contributed by atoms with Gasteiger partial charge in [-0.3, -0.25) is 4.79 Å². The minimum atomic E-state index is 0.458. The lowest BCUT2D eigenvalue weighted by molar-refractivity contribution is -0.111. The van der Waals surface area contributed by atoms with Gasteiger partial charge < -0.3 is 15.1 Å². The molecule has 4 heteroatoms. The number of carbonyl (C=O) groups excluding carboxylic acids is 1. The normalized spacial score (nSPS) is 33.4. The molecular weight excluding hydrogens is 190 g/mol. The van der Waals surface area contributed by atoms with Gasteiger partial charge in [-0.05, 0) is 25.8 Å². The molecule has 1 aliphatic heterocycles. The van der Waals surface area contributed by atoms with Crippen LogP contribution >= 0.6 is 0 Å². The van der Waals surface area contributed by atoms with Gasteiger partial charge in [-0.25, -0.2) is 0 Å². The summed E-state index contributed by atoms with van der Waals surface area (Å²) < 4.78 is 0. The molecule has 1 heterocycles. The summed E-state index contributed by atoms with van der Waals surface area (Å²) in [5.74, 6) is 0.811. The maximum atomic E-state index is 10.2. The second kappa shape index (κ2) is 4.94. The zero-order valence-corrected chi connectivity index (χ0v) is 9.48. The van der Waals surface area contributed by atoms with Gasteiger partial charge in [-0.15, -0.1) is 0 Å². The fourth-order valence-electron chi connectivity index (χ4n) is 2.51. The number of nitrogens with one attached hydrogen (secondary N) is 1. The molecule has 1 N–H and O–H groups in total. The van der Waals surface area contributed by atoms with E-state index in [9.17, 15) is 4.79 Å². The molecule has 0 aromatic heterocycles. The molecule has 2 fully saturated rings. The van der Waals surface area contributed by atoms with Crippen molar-refractivity contribution in [3.63, 3.8) is 0 Å². The van der Waals surface area contributed by atoms with Gasteiger partial charge in [0.2, 0.25) is 6.41 Å². The van der Waals surface area contributed by atoms with E-state index >= 15 is 0 Å². The topological polar surface area (TPSA) is 35.6 Å². The van der Waals surface area contributed by atoms with Crippen LogP contribution in [-0.4, -0.2) is 62.0 Å². The maximum absolute atomic E-state index is 10.2. The second-order valence-electron chi connectivity index (χ2n) is 4.92. The predicted molar refractivity (Wildman–Crippen MR) is 59.6 cm³/mol. The van der Waals surface area contributed by atoms with Gasteiger partial charge in [0.25, 0.3) is 0 Å². The number of likely N-dealkylation sites (N-methyl/N-ethyl adjacent to an activating group) is 1. The van der Waals surface area contributed by atoms with Crippen LogP contribution < -0.4 is 5.32 Å². The molecule has 0 atom stereocenters. The number of hydrogen-bond donors (Lipinski definition) is 1. The summed E-state index contributed by atoms with van der Waals surface area (Å²) >= 11 is 0. The Balaban J connectivity index is 1.61. The fourth-order valence-corrected chi connectivity index (χ4v) is 2.51. The van der Waals surface area contributed by atoms with E-state index in [0.717, 1.165) is 12.3 Å². The van der Waals surface area contributed by atoms with Crippen LogP contribution in [0.5, 0.6) is 0 Å². The van der Waals surface area contributed by atoms with Gasteiger partial charge in [0, 0.05) is 38.8 Å². The van der Waals surface area contributed by atoms with Crippen molar-refractivity contribution in [2.24, 2.45) is 5.92 Å². The van der Waals surface area contributed by atoms with E-state index in [0.29, 0.717) is 6.04 Å². The molecule has 0 radical (unpaired) electrons. The minimum Gasteiger partial charge on any atom is -0.356 e. The molecule has 0 aromatic carbocycles. The molecule has 1 aliphatic carbocycles. The van der Waals surface area contributed by atoms with Crippen molar-refractivity contribution in [2.75, 3.05) is 39.8 Å². The molecule has 86 valence electrons. The van der Waals surface area contributed by atoms with Gasteiger partial charge in [-0.1, -0.05) is 0 Å². The highest BCUT2D eigenvalue weighted by molar-refractivity contribution is 5.46. The average molecular weight is 211 g/mol. The Hall–Kier alpha value is -0.610. The fraction of sp³-hybridized carbons (Fsp3) is 0.909. The molecule has 0 unspecified atom stereocenters. The van der Waals surface area contributed by atoms with Crippen LogP contribution in [0.25, 0.3) is 0 Å². The minimum absolute atomic E-state index is 0.458. The summed E-state index contributed by atoms with van der Waals surface area (Å²) in [7, 11) is 2.19. The van der Waals surface area contributed by atoms with Crippen molar-refractivity contribution >= 4 is 6.41 Å². The number of rotatable bonds is 4. The third kappa shape index (κ3) is 2.92. The zero-order valence-electron chi connectivity index (χ0n) is 9.48. The lowest BCUT2D eigenvalue weighted by Gasteiger charge is -2.40. The lowest BCUT2D eigenvalue weighted by atomic mass is 9.80. The Kier molecular flexibility index (Phi) is 3.59. The number of piperazine rings is 1. The van der Waals surface area contributed by atoms with Crippen LogP contribution in [0.15, 0.2) is 0 Å². The van der Waals surface area contributed by atoms with Crippen LogP contribution in [0, 0.1) is 5.92 Å². The molecule has 1 saturated heterocycles. The van der Waals surface area contributed by atoms with E-state index in [-0.39, 0.29) is 0 Å². The van der Waals surface area contributed by atoms with Gasteiger partial charge in [0.1, 0.15) is 0 Å². The molecule has 1 saturated carbocycles. The molecular formula is C11H21N3O. The summed E-state index contributed by atoms with van der Waals surface area (Å²) in [5, 5.41) is 2.85. The highest BCUT2D eigenvalue weighted by Gasteiger charge is 2.30.